The number of carbonyl (C=O) groups is 1. The number of para-hydroxylation sites is 1. The van der Waals surface area contributed by atoms with Crippen molar-refractivity contribution in [3.8, 4) is 0 Å². The van der Waals surface area contributed by atoms with Crippen LogP contribution >= 0.6 is 0 Å². The molecule has 0 aliphatic carbocycles. The van der Waals surface area contributed by atoms with E-state index in [0.717, 1.165) is 23.0 Å². The highest BCUT2D eigenvalue weighted by atomic mass is 16.4. The summed E-state index contributed by atoms with van der Waals surface area (Å²) in [6, 6.07) is 18.3. The minimum Gasteiger partial charge on any atom is -0.477 e. The summed E-state index contributed by atoms with van der Waals surface area (Å²) in [5.74, 6) is -0.500. The first-order valence-electron chi connectivity index (χ1n) is 8.72. The second kappa shape index (κ2) is 7.53. The third-order valence-electron chi connectivity index (χ3n) is 4.72. The summed E-state index contributed by atoms with van der Waals surface area (Å²) in [5.41, 5.74) is 3.52. The number of carboxylic acid groups (broad SMARTS) is 1. The molecule has 4 nitrogen and oxygen atoms in total. The maximum absolute atomic E-state index is 11.8. The topological polar surface area (TPSA) is 54.3 Å². The molecule has 3 rings (SSSR count). The van der Waals surface area contributed by atoms with E-state index in [4.69, 9.17) is 0 Å². The lowest BCUT2D eigenvalue weighted by atomic mass is 10.0. The van der Waals surface area contributed by atoms with E-state index in [-0.39, 0.29) is 0 Å². The van der Waals surface area contributed by atoms with Crippen LogP contribution < -0.4 is 5.32 Å². The molecular formula is C21H24N2O2. The number of aromatic carboxylic acids is 1. The van der Waals surface area contributed by atoms with Crippen molar-refractivity contribution in [3.05, 3.63) is 71.4 Å². The Kier molecular flexibility index (Phi) is 5.19. The molecule has 0 aliphatic rings. The van der Waals surface area contributed by atoms with Gasteiger partial charge in [-0.1, -0.05) is 55.5 Å². The average molecular weight is 336 g/mol. The smallest absolute Gasteiger partial charge is 0.352 e. The van der Waals surface area contributed by atoms with Gasteiger partial charge in [0.15, 0.2) is 0 Å². The molecule has 2 aromatic carbocycles. The van der Waals surface area contributed by atoms with Gasteiger partial charge in [0.1, 0.15) is 5.69 Å². The molecule has 0 fully saturated rings. The average Bonchev–Trinajstić information content (AvgIpc) is 2.96. The van der Waals surface area contributed by atoms with Crippen molar-refractivity contribution in [2.75, 3.05) is 6.54 Å². The molecule has 0 saturated heterocycles. The number of nitrogens with zero attached hydrogens (tertiary/aromatic N) is 1. The van der Waals surface area contributed by atoms with Gasteiger partial charge in [-0.3, -0.25) is 0 Å². The van der Waals surface area contributed by atoms with Crippen LogP contribution in [0.1, 0.15) is 41.4 Å². The van der Waals surface area contributed by atoms with Crippen LogP contribution in [0.4, 0.5) is 0 Å². The Labute approximate surface area is 148 Å². The molecule has 0 spiro atoms. The number of aryl methyl sites for hydroxylation is 1. The lowest BCUT2D eigenvalue weighted by Crippen LogP contribution is -2.21. The van der Waals surface area contributed by atoms with Gasteiger partial charge < -0.3 is 15.0 Å². The van der Waals surface area contributed by atoms with Crippen molar-refractivity contribution in [1.29, 1.82) is 0 Å². The molecule has 25 heavy (non-hydrogen) atoms. The Morgan fingerprint density at radius 1 is 1.12 bits per heavy atom. The summed E-state index contributed by atoms with van der Waals surface area (Å²) in [6.07, 6.45) is 0. The number of hydrogen-bond acceptors (Lipinski definition) is 2. The van der Waals surface area contributed by atoms with Gasteiger partial charge in [-0.25, -0.2) is 4.79 Å². The van der Waals surface area contributed by atoms with Gasteiger partial charge in [-0.05, 0) is 24.5 Å². The van der Waals surface area contributed by atoms with Crippen LogP contribution in [-0.4, -0.2) is 22.2 Å². The van der Waals surface area contributed by atoms with Gasteiger partial charge in [0.05, 0.1) is 0 Å². The Bertz CT molecular complexity index is 868. The number of benzene rings is 2. The zero-order valence-electron chi connectivity index (χ0n) is 14.7. The molecule has 0 aliphatic heterocycles. The van der Waals surface area contributed by atoms with E-state index in [1.165, 1.54) is 5.56 Å². The number of nitrogens with one attached hydrogen (secondary N) is 1. The predicted molar refractivity (Wildman–Crippen MR) is 101 cm³/mol. The maximum atomic E-state index is 11.8. The molecule has 2 N–H and O–H groups in total. The highest BCUT2D eigenvalue weighted by Crippen LogP contribution is 2.26. The summed E-state index contributed by atoms with van der Waals surface area (Å²) < 4.78 is 1.88. The molecule has 1 atom stereocenters. The molecule has 1 aromatic heterocycles. The van der Waals surface area contributed by atoms with Crippen LogP contribution in [-0.2, 0) is 13.1 Å². The maximum Gasteiger partial charge on any atom is 0.352 e. The number of carboxylic acids is 1. The van der Waals surface area contributed by atoms with E-state index in [2.05, 4.69) is 24.4 Å². The van der Waals surface area contributed by atoms with Crippen LogP contribution in [0.15, 0.2) is 54.6 Å². The van der Waals surface area contributed by atoms with Crippen LogP contribution in [0.5, 0.6) is 0 Å². The van der Waals surface area contributed by atoms with Gasteiger partial charge in [0.25, 0.3) is 0 Å². The molecule has 1 heterocycles. The zero-order valence-corrected chi connectivity index (χ0v) is 14.7. The summed E-state index contributed by atoms with van der Waals surface area (Å²) >= 11 is 0. The molecule has 0 saturated carbocycles. The number of fused-ring (bicyclic) bond motifs is 1. The van der Waals surface area contributed by atoms with Gasteiger partial charge in [-0.2, -0.15) is 0 Å². The molecule has 0 amide bonds. The first-order valence-corrected chi connectivity index (χ1v) is 8.72. The Hall–Kier alpha value is -2.59. The van der Waals surface area contributed by atoms with Gasteiger partial charge in [0.2, 0.25) is 0 Å². The van der Waals surface area contributed by atoms with E-state index in [1.807, 2.05) is 54.0 Å². The van der Waals surface area contributed by atoms with Crippen LogP contribution in [0.2, 0.25) is 0 Å². The highest BCUT2D eigenvalue weighted by molar-refractivity contribution is 5.98. The van der Waals surface area contributed by atoms with E-state index >= 15 is 0 Å². The SMILES string of the molecule is CCn1c(C(=O)O)c(CNCC(C)c2ccccc2)c2ccccc21. The summed E-state index contributed by atoms with van der Waals surface area (Å²) in [5, 5.41) is 14.2. The number of aromatic nitrogens is 1. The van der Waals surface area contributed by atoms with Crippen molar-refractivity contribution in [2.45, 2.75) is 32.9 Å². The van der Waals surface area contributed by atoms with E-state index in [0.29, 0.717) is 24.7 Å². The lowest BCUT2D eigenvalue weighted by Gasteiger charge is -2.13. The Morgan fingerprint density at radius 2 is 1.80 bits per heavy atom. The van der Waals surface area contributed by atoms with Crippen LogP contribution in [0.3, 0.4) is 0 Å². The van der Waals surface area contributed by atoms with Crippen molar-refractivity contribution in [1.82, 2.24) is 9.88 Å². The highest BCUT2D eigenvalue weighted by Gasteiger charge is 2.21. The van der Waals surface area contributed by atoms with Crippen LogP contribution in [0, 0.1) is 0 Å². The monoisotopic (exact) mass is 336 g/mol. The second-order valence-electron chi connectivity index (χ2n) is 6.34. The van der Waals surface area contributed by atoms with Crippen molar-refractivity contribution >= 4 is 16.9 Å². The third kappa shape index (κ3) is 3.44. The fourth-order valence-corrected chi connectivity index (χ4v) is 3.44. The second-order valence-corrected chi connectivity index (χ2v) is 6.34. The van der Waals surface area contributed by atoms with Crippen molar-refractivity contribution in [2.24, 2.45) is 0 Å². The fraction of sp³-hybridized carbons (Fsp3) is 0.286. The molecule has 1 unspecified atom stereocenters. The van der Waals surface area contributed by atoms with Crippen molar-refractivity contribution < 1.29 is 9.90 Å². The molecular weight excluding hydrogens is 312 g/mol. The van der Waals surface area contributed by atoms with Crippen LogP contribution in [0.25, 0.3) is 10.9 Å². The quantitative estimate of drug-likeness (QED) is 0.678. The normalized spacial score (nSPS) is 12.4. The molecule has 0 radical (unpaired) electrons. The molecule has 3 aromatic rings. The van der Waals surface area contributed by atoms with Crippen molar-refractivity contribution in [3.63, 3.8) is 0 Å². The predicted octanol–water partition coefficient (Wildman–Crippen LogP) is 4.25. The summed E-state index contributed by atoms with van der Waals surface area (Å²) in [7, 11) is 0. The Balaban J connectivity index is 1.83. The first kappa shape index (κ1) is 17.2. The van der Waals surface area contributed by atoms with E-state index in [1.54, 1.807) is 0 Å². The van der Waals surface area contributed by atoms with Gasteiger partial charge >= 0.3 is 5.97 Å². The van der Waals surface area contributed by atoms with E-state index < -0.39 is 5.97 Å². The standard InChI is InChI=1S/C21H24N2O2/c1-3-23-19-12-8-7-11-17(19)18(20(23)21(24)25)14-22-13-15(2)16-9-5-4-6-10-16/h4-12,15,22H,3,13-14H2,1-2H3,(H,24,25). The number of hydrogen-bond donors (Lipinski definition) is 2. The third-order valence-corrected chi connectivity index (χ3v) is 4.72. The first-order chi connectivity index (χ1) is 12.1. The molecule has 4 heteroatoms. The molecule has 130 valence electrons. The lowest BCUT2D eigenvalue weighted by molar-refractivity contribution is 0.0684. The Morgan fingerprint density at radius 3 is 2.48 bits per heavy atom. The largest absolute Gasteiger partial charge is 0.477 e. The zero-order chi connectivity index (χ0) is 17.8. The fourth-order valence-electron chi connectivity index (χ4n) is 3.44. The molecule has 0 bridgehead atoms. The number of rotatable bonds is 7. The summed E-state index contributed by atoms with van der Waals surface area (Å²) in [4.78, 5) is 11.8. The summed E-state index contributed by atoms with van der Waals surface area (Å²) in [6.45, 7) is 6.15. The van der Waals surface area contributed by atoms with Gasteiger partial charge in [0, 0.05) is 36.1 Å². The van der Waals surface area contributed by atoms with Gasteiger partial charge in [-0.15, -0.1) is 0 Å². The minimum atomic E-state index is -0.869. The van der Waals surface area contributed by atoms with E-state index in [9.17, 15) is 9.90 Å². The minimum absolute atomic E-state index is 0.369.